The minimum Gasteiger partial charge on any atom is -0.497 e. The smallest absolute Gasteiger partial charge is 0.221 e. The average Bonchev–Trinajstić information content (AvgIpc) is 2.65. The standard InChI is InChI=1S/C19H30N4O2.HI/c1-20-19(22-14-15-7-6-10-17(13-15)25-2)21-12-11-18(24)23-16-8-4-3-5-9-16;/h6-7,10,13,16H,3-5,8-9,11-12,14H2,1-2H3,(H,23,24)(H2,20,21,22);1H. The second-order valence-corrected chi connectivity index (χ2v) is 6.36. The highest BCUT2D eigenvalue weighted by atomic mass is 127. The number of guanidine groups is 1. The molecule has 0 atom stereocenters. The fraction of sp³-hybridized carbons (Fsp3) is 0.579. The van der Waals surface area contributed by atoms with Crippen LogP contribution in [0, 0.1) is 0 Å². The maximum Gasteiger partial charge on any atom is 0.221 e. The Hall–Kier alpha value is -1.51. The lowest BCUT2D eigenvalue weighted by Gasteiger charge is -2.22. The first-order chi connectivity index (χ1) is 12.2. The maximum absolute atomic E-state index is 12.0. The largest absolute Gasteiger partial charge is 0.497 e. The molecule has 1 aromatic rings. The number of ether oxygens (including phenoxy) is 1. The minimum atomic E-state index is 0. The van der Waals surface area contributed by atoms with Gasteiger partial charge in [-0.3, -0.25) is 9.79 Å². The summed E-state index contributed by atoms with van der Waals surface area (Å²) in [4.78, 5) is 16.2. The van der Waals surface area contributed by atoms with Crippen LogP contribution in [0.25, 0.3) is 0 Å². The molecule has 1 aromatic carbocycles. The predicted molar refractivity (Wildman–Crippen MR) is 116 cm³/mol. The van der Waals surface area contributed by atoms with E-state index >= 15 is 0 Å². The van der Waals surface area contributed by atoms with E-state index in [1.54, 1.807) is 14.2 Å². The number of hydrogen-bond donors (Lipinski definition) is 3. The van der Waals surface area contributed by atoms with Gasteiger partial charge in [-0.1, -0.05) is 31.4 Å². The zero-order chi connectivity index (χ0) is 17.9. The van der Waals surface area contributed by atoms with E-state index in [0.29, 0.717) is 31.5 Å². The van der Waals surface area contributed by atoms with E-state index in [0.717, 1.165) is 24.2 Å². The van der Waals surface area contributed by atoms with Gasteiger partial charge in [0.2, 0.25) is 5.91 Å². The number of carbonyl (C=O) groups is 1. The van der Waals surface area contributed by atoms with Crippen molar-refractivity contribution in [2.75, 3.05) is 20.7 Å². The average molecular weight is 474 g/mol. The van der Waals surface area contributed by atoms with Gasteiger partial charge in [0.05, 0.1) is 7.11 Å². The van der Waals surface area contributed by atoms with E-state index in [2.05, 4.69) is 20.9 Å². The summed E-state index contributed by atoms with van der Waals surface area (Å²) in [6.45, 7) is 1.21. The van der Waals surface area contributed by atoms with Crippen LogP contribution in [-0.4, -0.2) is 38.6 Å². The summed E-state index contributed by atoms with van der Waals surface area (Å²) in [5.41, 5.74) is 1.11. The molecule has 1 saturated carbocycles. The lowest BCUT2D eigenvalue weighted by atomic mass is 9.95. The fourth-order valence-corrected chi connectivity index (χ4v) is 3.03. The van der Waals surface area contributed by atoms with Crippen LogP contribution in [0.5, 0.6) is 5.75 Å². The molecule has 6 nitrogen and oxygen atoms in total. The number of aliphatic imine (C=N–C) groups is 1. The Kier molecular flexibility index (Phi) is 11.1. The van der Waals surface area contributed by atoms with Crippen LogP contribution in [0.1, 0.15) is 44.1 Å². The highest BCUT2D eigenvalue weighted by Crippen LogP contribution is 2.17. The Morgan fingerprint density at radius 2 is 2.00 bits per heavy atom. The van der Waals surface area contributed by atoms with Gasteiger partial charge >= 0.3 is 0 Å². The van der Waals surface area contributed by atoms with Crippen molar-refractivity contribution in [2.45, 2.75) is 51.1 Å². The molecule has 0 unspecified atom stereocenters. The molecule has 1 aliphatic rings. The summed E-state index contributed by atoms with van der Waals surface area (Å²) in [6.07, 6.45) is 6.43. The quantitative estimate of drug-likeness (QED) is 0.323. The second-order valence-electron chi connectivity index (χ2n) is 6.36. The normalized spacial score (nSPS) is 14.9. The number of nitrogens with zero attached hydrogens (tertiary/aromatic N) is 1. The molecule has 1 aliphatic carbocycles. The molecule has 0 spiro atoms. The third-order valence-electron chi connectivity index (χ3n) is 4.43. The third kappa shape index (κ3) is 8.25. The molecule has 0 aliphatic heterocycles. The van der Waals surface area contributed by atoms with Gasteiger partial charge in [-0.25, -0.2) is 0 Å². The van der Waals surface area contributed by atoms with E-state index in [9.17, 15) is 4.79 Å². The van der Waals surface area contributed by atoms with Gasteiger partial charge in [0.15, 0.2) is 5.96 Å². The van der Waals surface area contributed by atoms with Gasteiger partial charge in [0.25, 0.3) is 0 Å². The van der Waals surface area contributed by atoms with Crippen molar-refractivity contribution in [3.05, 3.63) is 29.8 Å². The molecule has 0 heterocycles. The number of hydrogen-bond acceptors (Lipinski definition) is 3. The van der Waals surface area contributed by atoms with Crippen LogP contribution in [0.3, 0.4) is 0 Å². The van der Waals surface area contributed by atoms with Crippen LogP contribution in [0.2, 0.25) is 0 Å². The van der Waals surface area contributed by atoms with Crippen LogP contribution < -0.4 is 20.7 Å². The summed E-state index contributed by atoms with van der Waals surface area (Å²) >= 11 is 0. The van der Waals surface area contributed by atoms with E-state index < -0.39 is 0 Å². The van der Waals surface area contributed by atoms with Gasteiger partial charge in [-0.2, -0.15) is 0 Å². The fourth-order valence-electron chi connectivity index (χ4n) is 3.03. The zero-order valence-corrected chi connectivity index (χ0v) is 18.0. The number of amides is 1. The molecule has 0 aromatic heterocycles. The number of carbonyl (C=O) groups excluding carboxylic acids is 1. The summed E-state index contributed by atoms with van der Waals surface area (Å²) in [5, 5.41) is 9.55. The van der Waals surface area contributed by atoms with Gasteiger partial charge in [0, 0.05) is 32.6 Å². The Labute approximate surface area is 173 Å². The van der Waals surface area contributed by atoms with Gasteiger partial charge in [-0.15, -0.1) is 24.0 Å². The van der Waals surface area contributed by atoms with Gasteiger partial charge < -0.3 is 20.7 Å². The first-order valence-electron chi connectivity index (χ1n) is 9.08. The molecule has 1 amide bonds. The van der Waals surface area contributed by atoms with Crippen LogP contribution in [0.15, 0.2) is 29.3 Å². The molecule has 2 rings (SSSR count). The number of rotatable bonds is 7. The highest BCUT2D eigenvalue weighted by molar-refractivity contribution is 14.0. The molecule has 3 N–H and O–H groups in total. The molecule has 146 valence electrons. The Bertz CT molecular complexity index is 574. The van der Waals surface area contributed by atoms with Gasteiger partial charge in [-0.05, 0) is 30.5 Å². The summed E-state index contributed by atoms with van der Waals surface area (Å²) in [6, 6.07) is 8.26. The van der Waals surface area contributed by atoms with Crippen molar-refractivity contribution in [3.63, 3.8) is 0 Å². The third-order valence-corrected chi connectivity index (χ3v) is 4.43. The van der Waals surface area contributed by atoms with Crippen molar-refractivity contribution >= 4 is 35.8 Å². The monoisotopic (exact) mass is 474 g/mol. The Balaban J connectivity index is 0.00000338. The van der Waals surface area contributed by atoms with E-state index in [1.807, 2.05) is 24.3 Å². The van der Waals surface area contributed by atoms with Crippen molar-refractivity contribution in [1.29, 1.82) is 0 Å². The molecule has 26 heavy (non-hydrogen) atoms. The van der Waals surface area contributed by atoms with Crippen LogP contribution >= 0.6 is 24.0 Å². The summed E-state index contributed by atoms with van der Waals surface area (Å²) in [5.74, 6) is 1.64. The first kappa shape index (κ1) is 22.5. The van der Waals surface area contributed by atoms with Crippen molar-refractivity contribution < 1.29 is 9.53 Å². The lowest BCUT2D eigenvalue weighted by Crippen LogP contribution is -2.41. The number of benzene rings is 1. The predicted octanol–water partition coefficient (Wildman–Crippen LogP) is 2.82. The van der Waals surface area contributed by atoms with E-state index in [1.165, 1.54) is 19.3 Å². The number of methoxy groups -OCH3 is 1. The topological polar surface area (TPSA) is 74.8 Å². The van der Waals surface area contributed by atoms with Crippen molar-refractivity contribution in [3.8, 4) is 5.75 Å². The molecule has 0 saturated heterocycles. The highest BCUT2D eigenvalue weighted by Gasteiger charge is 2.15. The van der Waals surface area contributed by atoms with Crippen molar-refractivity contribution in [1.82, 2.24) is 16.0 Å². The summed E-state index contributed by atoms with van der Waals surface area (Å²) < 4.78 is 5.22. The second kappa shape index (κ2) is 12.8. The molecule has 1 fully saturated rings. The van der Waals surface area contributed by atoms with Crippen molar-refractivity contribution in [2.24, 2.45) is 4.99 Å². The van der Waals surface area contributed by atoms with E-state index in [-0.39, 0.29) is 29.9 Å². The minimum absolute atomic E-state index is 0. The maximum atomic E-state index is 12.0. The first-order valence-corrected chi connectivity index (χ1v) is 9.08. The SMILES string of the molecule is CN=C(NCCC(=O)NC1CCCCC1)NCc1cccc(OC)c1.I. The van der Waals surface area contributed by atoms with Crippen LogP contribution in [0.4, 0.5) is 0 Å². The molecular weight excluding hydrogens is 443 g/mol. The number of halogens is 1. The molecule has 0 radical (unpaired) electrons. The Morgan fingerprint density at radius 1 is 1.23 bits per heavy atom. The lowest BCUT2D eigenvalue weighted by molar-refractivity contribution is -0.121. The zero-order valence-electron chi connectivity index (χ0n) is 15.7. The van der Waals surface area contributed by atoms with E-state index in [4.69, 9.17) is 4.74 Å². The van der Waals surface area contributed by atoms with Crippen LogP contribution in [-0.2, 0) is 11.3 Å². The molecular formula is C19H31IN4O2. The Morgan fingerprint density at radius 3 is 2.69 bits per heavy atom. The van der Waals surface area contributed by atoms with Gasteiger partial charge in [0.1, 0.15) is 5.75 Å². The number of nitrogens with one attached hydrogen (secondary N) is 3. The summed E-state index contributed by atoms with van der Waals surface area (Å²) in [7, 11) is 3.38. The molecule has 0 bridgehead atoms. The molecule has 7 heteroatoms.